The molecule has 4 rings (SSSR count). The molecule has 10 nitrogen and oxygen atoms in total. The molecule has 0 spiro atoms. The topological polar surface area (TPSA) is 136 Å². The number of fused-ring (bicyclic) bond motifs is 3. The first-order chi connectivity index (χ1) is 16.4. The van der Waals surface area contributed by atoms with Crippen molar-refractivity contribution < 1.29 is 29.6 Å². The number of carboxylic acids is 1. The van der Waals surface area contributed by atoms with Crippen LogP contribution in [0.4, 0.5) is 0 Å². The van der Waals surface area contributed by atoms with E-state index in [1.807, 2.05) is 11.5 Å². The van der Waals surface area contributed by atoms with Gasteiger partial charge in [-0.2, -0.15) is 0 Å². The van der Waals surface area contributed by atoms with E-state index in [4.69, 9.17) is 9.47 Å². The minimum Gasteiger partial charge on any atom is -0.506 e. The van der Waals surface area contributed by atoms with Gasteiger partial charge in [-0.1, -0.05) is 0 Å². The Bertz CT molecular complexity index is 1320. The lowest BCUT2D eigenvalue weighted by Crippen LogP contribution is -2.30. The number of aliphatic hydroxyl groups excluding tert-OH is 1. The molecule has 3 aromatic rings. The number of pyridine rings is 1. The number of aromatic hydroxyl groups is 1. The Morgan fingerprint density at radius 3 is 2.56 bits per heavy atom. The van der Waals surface area contributed by atoms with Gasteiger partial charge in [0.15, 0.2) is 5.56 Å². The van der Waals surface area contributed by atoms with Crippen molar-refractivity contribution in [3.63, 3.8) is 0 Å². The maximum atomic E-state index is 13.5. The van der Waals surface area contributed by atoms with Crippen molar-refractivity contribution >= 4 is 5.97 Å². The van der Waals surface area contributed by atoms with Gasteiger partial charge in [0.2, 0.25) is 0 Å². The summed E-state index contributed by atoms with van der Waals surface area (Å²) in [4.78, 5) is 30.0. The third-order valence-corrected chi connectivity index (χ3v) is 6.25. The maximum absolute atomic E-state index is 13.5. The van der Waals surface area contributed by atoms with Crippen LogP contribution in [0.2, 0.25) is 0 Å². The number of aromatic carboxylic acids is 1. The van der Waals surface area contributed by atoms with E-state index < -0.39 is 22.8 Å². The second-order valence-corrected chi connectivity index (χ2v) is 8.00. The second-order valence-electron chi connectivity index (χ2n) is 8.00. The van der Waals surface area contributed by atoms with Crippen LogP contribution in [0.5, 0.6) is 17.2 Å². The number of carboxylic acid groups (broad SMARTS) is 1. The molecule has 180 valence electrons. The van der Waals surface area contributed by atoms with Gasteiger partial charge < -0.3 is 33.9 Å². The molecule has 1 aliphatic rings. The lowest BCUT2D eigenvalue weighted by atomic mass is 10.0. The van der Waals surface area contributed by atoms with Crippen LogP contribution in [-0.4, -0.2) is 49.6 Å². The summed E-state index contributed by atoms with van der Waals surface area (Å²) >= 11 is 0. The van der Waals surface area contributed by atoms with E-state index in [0.29, 0.717) is 65.6 Å². The summed E-state index contributed by atoms with van der Waals surface area (Å²) in [6, 6.07) is 5.14. The molecule has 3 N–H and O–H groups in total. The van der Waals surface area contributed by atoms with Crippen LogP contribution in [0.1, 0.15) is 46.3 Å². The van der Waals surface area contributed by atoms with E-state index in [2.05, 4.69) is 4.98 Å². The van der Waals surface area contributed by atoms with E-state index in [1.54, 1.807) is 18.2 Å². The fraction of sp³-hybridized carbons (Fsp3) is 0.375. The molecule has 1 aromatic carbocycles. The number of imidazole rings is 1. The minimum absolute atomic E-state index is 0.0121. The Kier molecular flexibility index (Phi) is 6.34. The molecule has 0 atom stereocenters. The zero-order valence-electron chi connectivity index (χ0n) is 19.3. The first-order valence-electron chi connectivity index (χ1n) is 11.0. The lowest BCUT2D eigenvalue weighted by molar-refractivity contribution is 0.0690. The molecule has 34 heavy (non-hydrogen) atoms. The number of methoxy groups -OCH3 is 2. The molecule has 2 heterocycles. The molecule has 10 heteroatoms. The number of aliphatic hydroxyl groups is 1. The van der Waals surface area contributed by atoms with Crippen LogP contribution in [-0.2, 0) is 32.5 Å². The summed E-state index contributed by atoms with van der Waals surface area (Å²) in [6.45, 7) is 2.21. The fourth-order valence-corrected chi connectivity index (χ4v) is 4.67. The average Bonchev–Trinajstić information content (AvgIpc) is 3.07. The standard InChI is InChI=1S/C24H27N3O7/c1-4-26-16-7-5-6-15-21(20(16)25-18(26)12-28)27(23(30)19(22(15)29)24(31)32)11-13-8-9-14(33-2)10-17(13)34-3/h8-10,28-29H,4-7,11-12H2,1-3H3,(H,31,32). The largest absolute Gasteiger partial charge is 0.506 e. The van der Waals surface area contributed by atoms with Crippen LogP contribution in [0.3, 0.4) is 0 Å². The van der Waals surface area contributed by atoms with Gasteiger partial charge in [-0.15, -0.1) is 0 Å². The Morgan fingerprint density at radius 2 is 1.94 bits per heavy atom. The van der Waals surface area contributed by atoms with Crippen molar-refractivity contribution in [2.45, 2.75) is 45.9 Å². The molecule has 0 unspecified atom stereocenters. The van der Waals surface area contributed by atoms with Gasteiger partial charge in [0.25, 0.3) is 5.56 Å². The molecule has 0 aliphatic heterocycles. The summed E-state index contributed by atoms with van der Waals surface area (Å²) < 4.78 is 14.0. The molecular formula is C24H27N3O7. The number of hydrogen-bond donors (Lipinski definition) is 3. The Balaban J connectivity index is 2.05. The van der Waals surface area contributed by atoms with Gasteiger partial charge in [0.05, 0.1) is 26.5 Å². The lowest BCUT2D eigenvalue weighted by Gasteiger charge is -2.19. The highest BCUT2D eigenvalue weighted by Gasteiger charge is 2.32. The predicted octanol–water partition coefficient (Wildman–Crippen LogP) is 2.18. The minimum atomic E-state index is -1.50. The van der Waals surface area contributed by atoms with E-state index in [-0.39, 0.29) is 13.2 Å². The molecule has 1 aliphatic carbocycles. The number of hydrogen-bond acceptors (Lipinski definition) is 7. The van der Waals surface area contributed by atoms with Gasteiger partial charge in [-0.25, -0.2) is 9.78 Å². The maximum Gasteiger partial charge on any atom is 0.345 e. The number of carbonyl (C=O) groups is 1. The zero-order valence-corrected chi connectivity index (χ0v) is 19.3. The monoisotopic (exact) mass is 469 g/mol. The highest BCUT2D eigenvalue weighted by Crippen LogP contribution is 2.38. The number of nitrogens with zero attached hydrogens (tertiary/aromatic N) is 3. The number of ether oxygens (including phenoxy) is 2. The average molecular weight is 469 g/mol. The highest BCUT2D eigenvalue weighted by atomic mass is 16.5. The molecule has 0 fully saturated rings. The molecule has 2 aromatic heterocycles. The zero-order chi connectivity index (χ0) is 24.6. The van der Waals surface area contributed by atoms with Gasteiger partial charge >= 0.3 is 5.97 Å². The number of rotatable bonds is 7. The summed E-state index contributed by atoms with van der Waals surface area (Å²) in [5.41, 5.74) is 1.13. The predicted molar refractivity (Wildman–Crippen MR) is 123 cm³/mol. The Hall–Kier alpha value is -3.79. The van der Waals surface area contributed by atoms with Crippen LogP contribution in [0, 0.1) is 0 Å². The number of benzene rings is 1. The fourth-order valence-electron chi connectivity index (χ4n) is 4.67. The Labute approximate surface area is 195 Å². The normalized spacial score (nSPS) is 12.6. The van der Waals surface area contributed by atoms with Crippen LogP contribution < -0.4 is 15.0 Å². The van der Waals surface area contributed by atoms with Gasteiger partial charge in [0.1, 0.15) is 35.4 Å². The molecule has 0 radical (unpaired) electrons. The number of aromatic nitrogens is 3. The second kappa shape index (κ2) is 9.22. The van der Waals surface area contributed by atoms with Gasteiger partial charge in [0, 0.05) is 29.4 Å². The van der Waals surface area contributed by atoms with Crippen molar-refractivity contribution in [3.8, 4) is 28.6 Å². The van der Waals surface area contributed by atoms with Crippen LogP contribution in [0.15, 0.2) is 23.0 Å². The van der Waals surface area contributed by atoms with Crippen LogP contribution in [0.25, 0.3) is 11.4 Å². The molecule has 0 saturated carbocycles. The molecule has 0 saturated heterocycles. The van der Waals surface area contributed by atoms with E-state index >= 15 is 0 Å². The van der Waals surface area contributed by atoms with Crippen molar-refractivity contribution in [1.29, 1.82) is 0 Å². The van der Waals surface area contributed by atoms with Crippen molar-refractivity contribution in [1.82, 2.24) is 14.1 Å². The van der Waals surface area contributed by atoms with Crippen molar-refractivity contribution in [3.05, 3.63) is 56.8 Å². The first kappa shape index (κ1) is 23.4. The summed E-state index contributed by atoms with van der Waals surface area (Å²) in [7, 11) is 3.03. The third-order valence-electron chi connectivity index (χ3n) is 6.25. The summed E-state index contributed by atoms with van der Waals surface area (Å²) in [5, 5.41) is 30.5. The molecular weight excluding hydrogens is 442 g/mol. The van der Waals surface area contributed by atoms with Gasteiger partial charge in [-0.3, -0.25) is 4.79 Å². The van der Waals surface area contributed by atoms with E-state index in [1.165, 1.54) is 18.8 Å². The Morgan fingerprint density at radius 1 is 1.18 bits per heavy atom. The highest BCUT2D eigenvalue weighted by molar-refractivity contribution is 5.92. The van der Waals surface area contributed by atoms with E-state index in [0.717, 1.165) is 5.69 Å². The van der Waals surface area contributed by atoms with Crippen molar-refractivity contribution in [2.75, 3.05) is 14.2 Å². The van der Waals surface area contributed by atoms with E-state index in [9.17, 15) is 24.9 Å². The van der Waals surface area contributed by atoms with Gasteiger partial charge in [-0.05, 0) is 38.3 Å². The summed E-state index contributed by atoms with van der Waals surface area (Å²) in [5.74, 6) is -0.548. The van der Waals surface area contributed by atoms with Crippen LogP contribution >= 0.6 is 0 Å². The third kappa shape index (κ3) is 3.69. The summed E-state index contributed by atoms with van der Waals surface area (Å²) in [6.07, 6.45) is 1.59. The molecule has 0 amide bonds. The first-order valence-corrected chi connectivity index (χ1v) is 11.0. The SMILES string of the molecule is CCn1c(CO)nc2c1CCCc1c(O)c(C(=O)O)c(=O)n(Cc3ccc(OC)cc3OC)c1-2. The quantitative estimate of drug-likeness (QED) is 0.479. The van der Waals surface area contributed by atoms with Crippen molar-refractivity contribution in [2.24, 2.45) is 0 Å². The smallest absolute Gasteiger partial charge is 0.345 e. The molecule has 0 bridgehead atoms.